The molecule has 0 fully saturated rings. The second-order valence-corrected chi connectivity index (χ2v) is 9.18. The third-order valence-electron chi connectivity index (χ3n) is 4.40. The van der Waals surface area contributed by atoms with Crippen LogP contribution in [0.5, 0.6) is 5.75 Å². The summed E-state index contributed by atoms with van der Waals surface area (Å²) in [6.45, 7) is 6.08. The highest BCUT2D eigenvalue weighted by Gasteiger charge is 2.16. The molecule has 0 heterocycles. The van der Waals surface area contributed by atoms with Gasteiger partial charge in [0, 0.05) is 17.8 Å². The Kier molecular flexibility index (Phi) is 6.97. The van der Waals surface area contributed by atoms with Gasteiger partial charge in [0.05, 0.1) is 11.0 Å². The minimum Gasteiger partial charge on any atom is -0.491 e. The molecule has 0 bridgehead atoms. The van der Waals surface area contributed by atoms with Gasteiger partial charge in [-0.25, -0.2) is 8.42 Å². The van der Waals surface area contributed by atoms with E-state index in [1.807, 2.05) is 51.1 Å². The Labute approximate surface area is 183 Å². The topological polar surface area (TPSA) is 84.5 Å². The number of carbonyl (C=O) groups excluding carboxylic acids is 1. The summed E-state index contributed by atoms with van der Waals surface area (Å²) in [5.74, 6) is 0.375. The molecule has 0 spiro atoms. The molecule has 1 amide bonds. The zero-order valence-electron chi connectivity index (χ0n) is 17.8. The number of amides is 1. The van der Waals surface area contributed by atoms with E-state index in [-0.39, 0.29) is 22.5 Å². The van der Waals surface area contributed by atoms with Crippen LogP contribution in [0, 0.1) is 6.92 Å². The number of aryl methyl sites for hydroxylation is 1. The molecule has 0 saturated carbocycles. The first kappa shape index (κ1) is 22.4. The molecule has 0 unspecified atom stereocenters. The van der Waals surface area contributed by atoms with Crippen molar-refractivity contribution in [1.82, 2.24) is 5.32 Å². The van der Waals surface area contributed by atoms with E-state index < -0.39 is 10.0 Å². The molecule has 3 aromatic carbocycles. The summed E-state index contributed by atoms with van der Waals surface area (Å²) in [4.78, 5) is 12.6. The first-order valence-corrected chi connectivity index (χ1v) is 11.4. The maximum absolute atomic E-state index is 12.7. The van der Waals surface area contributed by atoms with E-state index in [4.69, 9.17) is 4.74 Å². The Bertz CT molecular complexity index is 1170. The van der Waals surface area contributed by atoms with Crippen molar-refractivity contribution in [3.63, 3.8) is 0 Å². The summed E-state index contributed by atoms with van der Waals surface area (Å²) in [5, 5.41) is 2.82. The Morgan fingerprint density at radius 1 is 0.968 bits per heavy atom. The van der Waals surface area contributed by atoms with Crippen molar-refractivity contribution in [3.8, 4) is 5.75 Å². The molecule has 3 rings (SSSR count). The van der Waals surface area contributed by atoms with Crippen molar-refractivity contribution in [2.45, 2.75) is 38.3 Å². The van der Waals surface area contributed by atoms with Crippen molar-refractivity contribution in [2.24, 2.45) is 0 Å². The van der Waals surface area contributed by atoms with Gasteiger partial charge in [0.15, 0.2) is 0 Å². The first-order chi connectivity index (χ1) is 14.7. The van der Waals surface area contributed by atoms with Crippen molar-refractivity contribution in [1.29, 1.82) is 0 Å². The fourth-order valence-corrected chi connectivity index (χ4v) is 4.11. The van der Waals surface area contributed by atoms with Crippen LogP contribution in [0.4, 0.5) is 5.69 Å². The van der Waals surface area contributed by atoms with Crippen LogP contribution in [0.2, 0.25) is 0 Å². The zero-order valence-corrected chi connectivity index (χ0v) is 18.6. The monoisotopic (exact) mass is 438 g/mol. The van der Waals surface area contributed by atoms with Gasteiger partial charge in [0.2, 0.25) is 0 Å². The van der Waals surface area contributed by atoms with E-state index in [0.29, 0.717) is 12.2 Å². The van der Waals surface area contributed by atoms with Gasteiger partial charge >= 0.3 is 0 Å². The molecule has 3 aromatic rings. The lowest BCUT2D eigenvalue weighted by atomic mass is 10.2. The summed E-state index contributed by atoms with van der Waals surface area (Å²) in [7, 11) is -3.82. The van der Waals surface area contributed by atoms with Gasteiger partial charge in [0.1, 0.15) is 5.75 Å². The second kappa shape index (κ2) is 9.66. The zero-order chi connectivity index (χ0) is 22.4. The van der Waals surface area contributed by atoms with E-state index in [1.54, 1.807) is 30.3 Å². The predicted octanol–water partition coefficient (Wildman–Crippen LogP) is 4.51. The van der Waals surface area contributed by atoms with Crippen molar-refractivity contribution < 1.29 is 17.9 Å². The molecule has 0 atom stereocenters. The largest absolute Gasteiger partial charge is 0.491 e. The van der Waals surface area contributed by atoms with Gasteiger partial charge < -0.3 is 10.1 Å². The van der Waals surface area contributed by atoms with Gasteiger partial charge in [-0.2, -0.15) is 0 Å². The van der Waals surface area contributed by atoms with Gasteiger partial charge in [-0.05, 0) is 74.4 Å². The minimum atomic E-state index is -3.82. The molecule has 2 N–H and O–H groups in total. The highest BCUT2D eigenvalue weighted by Crippen LogP contribution is 2.19. The number of ether oxygens (including phenoxy) is 1. The molecule has 7 heteroatoms. The van der Waals surface area contributed by atoms with E-state index in [0.717, 1.165) is 16.9 Å². The number of sulfonamides is 1. The fraction of sp³-hybridized carbons (Fsp3) is 0.208. The van der Waals surface area contributed by atoms with Crippen molar-refractivity contribution >= 4 is 21.6 Å². The first-order valence-electron chi connectivity index (χ1n) is 9.96. The lowest BCUT2D eigenvalue weighted by Gasteiger charge is -2.12. The van der Waals surface area contributed by atoms with E-state index in [2.05, 4.69) is 10.0 Å². The second-order valence-electron chi connectivity index (χ2n) is 7.50. The average molecular weight is 439 g/mol. The normalized spacial score (nSPS) is 11.2. The fourth-order valence-electron chi connectivity index (χ4n) is 3.01. The lowest BCUT2D eigenvalue weighted by Crippen LogP contribution is -2.23. The summed E-state index contributed by atoms with van der Waals surface area (Å²) in [6, 6.07) is 20.5. The van der Waals surface area contributed by atoms with Gasteiger partial charge in [-0.3, -0.25) is 9.52 Å². The molecule has 0 saturated heterocycles. The van der Waals surface area contributed by atoms with Crippen LogP contribution in [-0.2, 0) is 16.6 Å². The van der Waals surface area contributed by atoms with E-state index in [1.165, 1.54) is 12.1 Å². The Morgan fingerprint density at radius 3 is 2.45 bits per heavy atom. The molecular formula is C24H26N2O4S. The Morgan fingerprint density at radius 2 is 1.71 bits per heavy atom. The number of benzene rings is 3. The van der Waals surface area contributed by atoms with Crippen LogP contribution in [-0.4, -0.2) is 20.4 Å². The van der Waals surface area contributed by atoms with Crippen LogP contribution in [0.3, 0.4) is 0 Å². The number of hydrogen-bond donors (Lipinski definition) is 2. The molecule has 162 valence electrons. The van der Waals surface area contributed by atoms with Gasteiger partial charge in [-0.15, -0.1) is 0 Å². The van der Waals surface area contributed by atoms with Crippen LogP contribution in [0.25, 0.3) is 0 Å². The van der Waals surface area contributed by atoms with Gasteiger partial charge in [0.25, 0.3) is 15.9 Å². The highest BCUT2D eigenvalue weighted by atomic mass is 32.2. The van der Waals surface area contributed by atoms with Crippen LogP contribution >= 0.6 is 0 Å². The van der Waals surface area contributed by atoms with Crippen LogP contribution in [0.1, 0.15) is 35.3 Å². The maximum atomic E-state index is 12.7. The lowest BCUT2D eigenvalue weighted by molar-refractivity contribution is 0.0950. The average Bonchev–Trinajstić information content (AvgIpc) is 2.71. The van der Waals surface area contributed by atoms with Gasteiger partial charge in [-0.1, -0.05) is 30.3 Å². The molecule has 31 heavy (non-hydrogen) atoms. The summed E-state index contributed by atoms with van der Waals surface area (Å²) >= 11 is 0. The summed E-state index contributed by atoms with van der Waals surface area (Å²) < 4.78 is 33.7. The maximum Gasteiger partial charge on any atom is 0.261 e. The number of carbonyl (C=O) groups is 1. The van der Waals surface area contributed by atoms with E-state index in [9.17, 15) is 13.2 Å². The Hall–Kier alpha value is -3.32. The molecular weight excluding hydrogens is 412 g/mol. The number of rotatable bonds is 8. The smallest absolute Gasteiger partial charge is 0.261 e. The quantitative estimate of drug-likeness (QED) is 0.542. The molecule has 0 aliphatic rings. The predicted molar refractivity (Wildman–Crippen MR) is 122 cm³/mol. The minimum absolute atomic E-state index is 0.0222. The SMILES string of the molecule is Cc1cccc(NS(=O)(=O)c2cccc(C(=O)NCc3cccc(OC(C)C)c3)c2)c1. The third-order valence-corrected chi connectivity index (χ3v) is 5.78. The number of hydrogen-bond acceptors (Lipinski definition) is 4. The molecule has 6 nitrogen and oxygen atoms in total. The van der Waals surface area contributed by atoms with Crippen molar-refractivity contribution in [3.05, 3.63) is 89.5 Å². The van der Waals surface area contributed by atoms with E-state index >= 15 is 0 Å². The third kappa shape index (κ3) is 6.33. The Balaban J connectivity index is 1.70. The summed E-state index contributed by atoms with van der Waals surface area (Å²) in [6.07, 6.45) is 0.0583. The summed E-state index contributed by atoms with van der Waals surface area (Å²) in [5.41, 5.74) is 2.56. The van der Waals surface area contributed by atoms with Crippen LogP contribution in [0.15, 0.2) is 77.7 Å². The number of nitrogens with one attached hydrogen (secondary N) is 2. The molecule has 0 aliphatic heterocycles. The molecule has 0 aromatic heterocycles. The van der Waals surface area contributed by atoms with Crippen molar-refractivity contribution in [2.75, 3.05) is 4.72 Å². The van der Waals surface area contributed by atoms with Crippen LogP contribution < -0.4 is 14.8 Å². The number of anilines is 1. The molecule has 0 radical (unpaired) electrons. The standard InChI is InChI=1S/C24H26N2O4S/c1-17(2)30-22-11-5-8-19(14-22)16-25-24(27)20-9-6-12-23(15-20)31(28,29)26-21-10-4-7-18(3)13-21/h4-15,17,26H,16H2,1-3H3,(H,25,27). The highest BCUT2D eigenvalue weighted by molar-refractivity contribution is 7.92. The molecule has 0 aliphatic carbocycles.